The Morgan fingerprint density at radius 1 is 1.24 bits per heavy atom. The molecule has 3 nitrogen and oxygen atoms in total. The van der Waals surface area contributed by atoms with Crippen molar-refractivity contribution in [3.05, 3.63) is 46.8 Å². The molecule has 0 N–H and O–H groups in total. The average Bonchev–Trinajstić information content (AvgIpc) is 2.92. The van der Waals surface area contributed by atoms with Crippen LogP contribution in [0.5, 0.6) is 5.75 Å². The average molecular weight is 303 g/mol. The Labute approximate surface area is 130 Å². The van der Waals surface area contributed by atoms with Crippen LogP contribution in [-0.2, 0) is 18.6 Å². The van der Waals surface area contributed by atoms with E-state index in [1.54, 1.807) is 0 Å². The third-order valence-corrected chi connectivity index (χ3v) is 4.78. The van der Waals surface area contributed by atoms with Crippen LogP contribution in [0.15, 0.2) is 28.8 Å². The Morgan fingerprint density at radius 2 is 2.10 bits per heavy atom. The Hall–Kier alpha value is -1.42. The highest BCUT2D eigenvalue weighted by molar-refractivity contribution is 7.98. The molecule has 1 aromatic heterocycles. The molecular weight excluding hydrogens is 282 g/mol. The minimum atomic E-state index is 0.732. The number of thioether (sulfide) groups is 1. The zero-order valence-electron chi connectivity index (χ0n) is 12.4. The van der Waals surface area contributed by atoms with E-state index in [1.807, 2.05) is 30.0 Å². The van der Waals surface area contributed by atoms with Crippen molar-refractivity contribution in [2.45, 2.75) is 38.4 Å². The van der Waals surface area contributed by atoms with Gasteiger partial charge in [0, 0.05) is 23.5 Å². The van der Waals surface area contributed by atoms with Crippen molar-refractivity contribution in [3.63, 3.8) is 0 Å². The highest BCUT2D eigenvalue weighted by Gasteiger charge is 2.18. The molecule has 4 heteroatoms. The molecule has 1 aliphatic carbocycles. The topological polar surface area (TPSA) is 35.3 Å². The molecule has 21 heavy (non-hydrogen) atoms. The van der Waals surface area contributed by atoms with Gasteiger partial charge in [-0.1, -0.05) is 23.4 Å². The monoisotopic (exact) mass is 303 g/mol. The van der Waals surface area contributed by atoms with Crippen LogP contribution in [0.3, 0.4) is 0 Å². The van der Waals surface area contributed by atoms with Crippen molar-refractivity contribution in [2.24, 2.45) is 0 Å². The van der Waals surface area contributed by atoms with Crippen LogP contribution in [0.4, 0.5) is 0 Å². The summed E-state index contributed by atoms with van der Waals surface area (Å²) in [5.74, 6) is 4.00. The van der Waals surface area contributed by atoms with Crippen molar-refractivity contribution in [3.8, 4) is 5.75 Å². The molecule has 0 spiro atoms. The first-order chi connectivity index (χ1) is 10.3. The van der Waals surface area contributed by atoms with Gasteiger partial charge in [-0.2, -0.15) is 11.8 Å². The first kappa shape index (κ1) is 14.5. The fourth-order valence-electron chi connectivity index (χ4n) is 2.66. The summed E-state index contributed by atoms with van der Waals surface area (Å²) < 4.78 is 11.2. The maximum atomic E-state index is 5.80. The first-order valence-corrected chi connectivity index (χ1v) is 8.72. The zero-order chi connectivity index (χ0) is 14.5. The summed E-state index contributed by atoms with van der Waals surface area (Å²) in [6.07, 6.45) is 4.69. The standard InChI is InChI=1S/C17H21NO2S/c1-13-6-2-4-8-16(13)19-10-11-21-12-15-14-7-3-5-9-17(14)20-18-15/h2,4,6,8H,3,5,7,9-12H2,1H3. The number of para-hydroxylation sites is 1. The van der Waals surface area contributed by atoms with Crippen LogP contribution in [0.1, 0.15) is 35.4 Å². The normalized spacial score (nSPS) is 14.0. The Morgan fingerprint density at radius 3 is 3.00 bits per heavy atom. The van der Waals surface area contributed by atoms with Gasteiger partial charge >= 0.3 is 0 Å². The van der Waals surface area contributed by atoms with E-state index in [2.05, 4.69) is 18.1 Å². The lowest BCUT2D eigenvalue weighted by molar-refractivity contribution is 0.341. The van der Waals surface area contributed by atoms with Gasteiger partial charge in [-0.25, -0.2) is 0 Å². The van der Waals surface area contributed by atoms with Crippen LogP contribution < -0.4 is 4.74 Å². The molecule has 3 rings (SSSR count). The second-order valence-corrected chi connectivity index (χ2v) is 6.51. The second-order valence-electron chi connectivity index (χ2n) is 5.40. The van der Waals surface area contributed by atoms with Gasteiger partial charge in [0.1, 0.15) is 11.5 Å². The van der Waals surface area contributed by atoms with E-state index in [0.29, 0.717) is 0 Å². The predicted octanol–water partition coefficient (Wildman–Crippen LogP) is 4.17. The van der Waals surface area contributed by atoms with Gasteiger partial charge in [0.05, 0.1) is 12.3 Å². The number of ether oxygens (including phenoxy) is 1. The van der Waals surface area contributed by atoms with Crippen molar-refractivity contribution >= 4 is 11.8 Å². The van der Waals surface area contributed by atoms with Crippen LogP contribution in [0.2, 0.25) is 0 Å². The van der Waals surface area contributed by atoms with Crippen molar-refractivity contribution in [2.75, 3.05) is 12.4 Å². The highest BCUT2D eigenvalue weighted by Crippen LogP contribution is 2.26. The second kappa shape index (κ2) is 7.03. The molecule has 112 valence electrons. The molecule has 0 saturated heterocycles. The molecule has 1 aliphatic rings. The van der Waals surface area contributed by atoms with Crippen molar-refractivity contribution in [1.82, 2.24) is 5.16 Å². The summed E-state index contributed by atoms with van der Waals surface area (Å²) in [6, 6.07) is 8.14. The van der Waals surface area contributed by atoms with Crippen LogP contribution >= 0.6 is 11.8 Å². The maximum absolute atomic E-state index is 5.80. The molecule has 0 bridgehead atoms. The molecule has 0 unspecified atom stereocenters. The summed E-state index contributed by atoms with van der Waals surface area (Å²) in [5, 5.41) is 4.23. The molecule has 1 heterocycles. The molecule has 0 saturated carbocycles. The Bertz CT molecular complexity index is 594. The van der Waals surface area contributed by atoms with E-state index >= 15 is 0 Å². The van der Waals surface area contributed by atoms with E-state index in [4.69, 9.17) is 9.26 Å². The molecule has 1 aromatic carbocycles. The molecular formula is C17H21NO2S. The predicted molar refractivity (Wildman–Crippen MR) is 86.0 cm³/mol. The van der Waals surface area contributed by atoms with Gasteiger partial charge in [-0.3, -0.25) is 0 Å². The largest absolute Gasteiger partial charge is 0.492 e. The molecule has 0 fully saturated rings. The molecule has 0 amide bonds. The number of aromatic nitrogens is 1. The number of nitrogens with zero attached hydrogens (tertiary/aromatic N) is 1. The van der Waals surface area contributed by atoms with Gasteiger partial charge in [0.2, 0.25) is 0 Å². The smallest absolute Gasteiger partial charge is 0.140 e. The number of fused-ring (bicyclic) bond motifs is 1. The van der Waals surface area contributed by atoms with Crippen molar-refractivity contribution < 1.29 is 9.26 Å². The first-order valence-electron chi connectivity index (χ1n) is 7.57. The van der Waals surface area contributed by atoms with Crippen LogP contribution in [0, 0.1) is 6.92 Å². The fraction of sp³-hybridized carbons (Fsp3) is 0.471. The summed E-state index contributed by atoms with van der Waals surface area (Å²) in [6.45, 7) is 2.81. The summed E-state index contributed by atoms with van der Waals surface area (Å²) in [7, 11) is 0. The van der Waals surface area contributed by atoms with Gasteiger partial charge < -0.3 is 9.26 Å². The number of hydrogen-bond donors (Lipinski definition) is 0. The SMILES string of the molecule is Cc1ccccc1OCCSCc1noc2c1CCCC2. The fourth-order valence-corrected chi connectivity index (χ4v) is 3.43. The van der Waals surface area contributed by atoms with Gasteiger partial charge in [-0.05, 0) is 37.8 Å². The Kier molecular flexibility index (Phi) is 4.86. The van der Waals surface area contributed by atoms with Crippen molar-refractivity contribution in [1.29, 1.82) is 0 Å². The van der Waals surface area contributed by atoms with E-state index in [9.17, 15) is 0 Å². The highest BCUT2D eigenvalue weighted by atomic mass is 32.2. The third-order valence-electron chi connectivity index (χ3n) is 3.85. The lowest BCUT2D eigenvalue weighted by atomic mass is 9.97. The Balaban J connectivity index is 1.43. The van der Waals surface area contributed by atoms with Crippen LogP contribution in [-0.4, -0.2) is 17.5 Å². The maximum Gasteiger partial charge on any atom is 0.140 e. The number of aryl methyl sites for hydroxylation is 2. The number of rotatable bonds is 6. The minimum absolute atomic E-state index is 0.732. The van der Waals surface area contributed by atoms with E-state index in [-0.39, 0.29) is 0 Å². The van der Waals surface area contributed by atoms with Gasteiger partial charge in [0.25, 0.3) is 0 Å². The zero-order valence-corrected chi connectivity index (χ0v) is 13.2. The third kappa shape index (κ3) is 3.62. The van der Waals surface area contributed by atoms with E-state index in [1.165, 1.54) is 24.0 Å². The number of benzene rings is 1. The molecule has 0 radical (unpaired) electrons. The van der Waals surface area contributed by atoms with Gasteiger partial charge in [-0.15, -0.1) is 0 Å². The molecule has 0 atom stereocenters. The lowest BCUT2D eigenvalue weighted by Gasteiger charge is -2.10. The lowest BCUT2D eigenvalue weighted by Crippen LogP contribution is -2.03. The van der Waals surface area contributed by atoms with Crippen LogP contribution in [0.25, 0.3) is 0 Å². The quantitative estimate of drug-likeness (QED) is 0.750. The van der Waals surface area contributed by atoms with E-state index < -0.39 is 0 Å². The van der Waals surface area contributed by atoms with Gasteiger partial charge in [0.15, 0.2) is 0 Å². The number of hydrogen-bond acceptors (Lipinski definition) is 4. The summed E-state index contributed by atoms with van der Waals surface area (Å²) >= 11 is 1.86. The minimum Gasteiger partial charge on any atom is -0.492 e. The van der Waals surface area contributed by atoms with E-state index in [0.717, 1.165) is 48.2 Å². The molecule has 2 aromatic rings. The molecule has 0 aliphatic heterocycles. The summed E-state index contributed by atoms with van der Waals surface area (Å²) in [4.78, 5) is 0. The summed E-state index contributed by atoms with van der Waals surface area (Å²) in [5.41, 5.74) is 3.70.